The normalized spacial score (nSPS) is 15.5. The maximum atomic E-state index is 14.0. The predicted molar refractivity (Wildman–Crippen MR) is 561 cm³/mol. The van der Waals surface area contributed by atoms with Crippen molar-refractivity contribution in [2.45, 2.75) is 254 Å². The number of carbonyl (C=O) groups excluding carboxylic acids is 7. The van der Waals surface area contributed by atoms with Gasteiger partial charge in [0, 0.05) is 90.5 Å². The maximum Gasteiger partial charge on any atom is 0.303 e. The fraction of sp³-hybridized carbons (Fsp3) is 0.431. The number of hydrogen-bond acceptors (Lipinski definition) is 17. The maximum absolute atomic E-state index is 14.0. The highest BCUT2D eigenvalue weighted by molar-refractivity contribution is 7.13. The third kappa shape index (κ3) is 34.0. The minimum atomic E-state index is -0.863. The van der Waals surface area contributed by atoms with Gasteiger partial charge >= 0.3 is 5.97 Å². The fourth-order valence-electron chi connectivity index (χ4n) is 18.0. The van der Waals surface area contributed by atoms with Crippen molar-refractivity contribution in [1.29, 1.82) is 0 Å². The van der Waals surface area contributed by atoms with Gasteiger partial charge in [0.2, 0.25) is 29.5 Å². The first-order chi connectivity index (χ1) is 66.9. The highest BCUT2D eigenvalue weighted by atomic mass is 32.1. The molecule has 5 amide bonds. The molecule has 0 spiro atoms. The first-order valence-corrected chi connectivity index (χ1v) is 51.5. The Labute approximate surface area is 832 Å². The van der Waals surface area contributed by atoms with Crippen LogP contribution in [0.25, 0.3) is 43.2 Å². The zero-order valence-corrected chi connectivity index (χ0v) is 85.2. The highest BCUT2D eigenvalue weighted by Gasteiger charge is 2.46. The molecule has 2 aliphatic heterocycles. The third-order valence-corrected chi connectivity index (χ3v) is 27.8. The summed E-state index contributed by atoms with van der Waals surface area (Å²) in [5.41, 5.74) is 21.0. The Balaban J connectivity index is 0.000000240. The molecule has 4 heterocycles. The molecule has 740 valence electrons. The summed E-state index contributed by atoms with van der Waals surface area (Å²) in [5.74, 6) is -0.738. The fourth-order valence-corrected chi connectivity index (χ4v) is 19.6. The molecule has 2 saturated heterocycles. The largest absolute Gasteiger partial charge is 0.492 e. The van der Waals surface area contributed by atoms with Crippen LogP contribution < -0.4 is 25.4 Å². The summed E-state index contributed by atoms with van der Waals surface area (Å²) in [6.07, 6.45) is 13.2. The van der Waals surface area contributed by atoms with Crippen LogP contribution >= 0.6 is 22.7 Å². The van der Waals surface area contributed by atoms with Gasteiger partial charge in [-0.1, -0.05) is 301 Å². The lowest BCUT2D eigenvalue weighted by atomic mass is 9.76. The molecule has 12 rings (SSSR count). The molecule has 0 bridgehead atoms. The lowest BCUT2D eigenvalue weighted by Crippen LogP contribution is -2.57. The number of nitrogens with one attached hydrogen (secondary N) is 3. The number of likely N-dealkylation sites (tertiary alicyclic amines) is 2. The average molecular weight is 1920 g/mol. The van der Waals surface area contributed by atoms with Crippen molar-refractivity contribution in [2.24, 2.45) is 16.7 Å². The number of carboxylic acid groups (broad SMARTS) is 1. The molecule has 0 unspecified atom stereocenters. The lowest BCUT2D eigenvalue weighted by Gasteiger charge is -2.35. The number of aromatic nitrogens is 2. The Morgan fingerprint density at radius 3 is 1.34 bits per heavy atom. The second-order valence-electron chi connectivity index (χ2n) is 38.6. The van der Waals surface area contributed by atoms with Gasteiger partial charge in [0.25, 0.3) is 0 Å². The Morgan fingerprint density at radius 2 is 0.899 bits per heavy atom. The Kier molecular flexibility index (Phi) is 43.8. The molecule has 0 saturated carbocycles. The molecule has 0 radical (unpaired) electrons. The number of carbonyl (C=O) groups is 8. The molecule has 139 heavy (non-hydrogen) atoms. The molecular formula is C116H146N8O13S2. The van der Waals surface area contributed by atoms with Crippen molar-refractivity contribution in [3.63, 3.8) is 0 Å². The number of aryl methyl sites for hydroxylation is 3. The van der Waals surface area contributed by atoms with E-state index in [0.717, 1.165) is 144 Å². The number of rotatable bonds is 48. The van der Waals surface area contributed by atoms with Crippen LogP contribution in [0.3, 0.4) is 0 Å². The van der Waals surface area contributed by atoms with Gasteiger partial charge < -0.3 is 55.4 Å². The molecule has 2 fully saturated rings. The van der Waals surface area contributed by atoms with E-state index in [1.54, 1.807) is 27.6 Å². The molecule has 2 aliphatic rings. The number of Topliss-reactive ketones (excluding diaryl/α,β-unsaturated/α-hetero) is 2. The van der Waals surface area contributed by atoms with Crippen LogP contribution in [-0.2, 0) is 51.3 Å². The van der Waals surface area contributed by atoms with E-state index in [4.69, 9.17) is 14.6 Å². The smallest absolute Gasteiger partial charge is 0.303 e. The Morgan fingerprint density at radius 1 is 0.482 bits per heavy atom. The number of allylic oxidation sites excluding steroid dienone is 2. The monoisotopic (exact) mass is 1920 g/mol. The predicted octanol–water partition coefficient (Wildman–Crippen LogP) is 22.3. The van der Waals surface area contributed by atoms with E-state index in [9.17, 15) is 48.6 Å². The molecule has 21 nitrogen and oxygen atoms in total. The number of carboxylic acids is 1. The van der Waals surface area contributed by atoms with E-state index in [0.29, 0.717) is 51.9 Å². The molecular weight excluding hydrogens is 1780 g/mol. The number of nitrogens with zero attached hydrogens (tertiary/aromatic N) is 5. The molecule has 2 aromatic heterocycles. The van der Waals surface area contributed by atoms with E-state index >= 15 is 0 Å². The van der Waals surface area contributed by atoms with E-state index in [1.165, 1.54) is 59.9 Å². The molecule has 10 aromatic rings. The average Bonchev–Trinajstić information content (AvgIpc) is 1.75. The van der Waals surface area contributed by atoms with Gasteiger partial charge in [-0.15, -0.1) is 22.7 Å². The minimum Gasteiger partial charge on any atom is -0.492 e. The van der Waals surface area contributed by atoms with Crippen molar-refractivity contribution >= 4 is 92.0 Å². The molecule has 23 heteroatoms. The summed E-state index contributed by atoms with van der Waals surface area (Å²) in [7, 11) is 3.75. The number of aliphatic hydroxyl groups excluding tert-OH is 2. The van der Waals surface area contributed by atoms with Crippen LogP contribution in [0.2, 0.25) is 0 Å². The second-order valence-corrected chi connectivity index (χ2v) is 40.3. The number of ether oxygens (including phenoxy) is 2. The van der Waals surface area contributed by atoms with Gasteiger partial charge in [-0.05, 0) is 179 Å². The zero-order valence-electron chi connectivity index (χ0n) is 83.6. The number of aliphatic hydroxyl groups is 2. The number of likely N-dealkylation sites (N-methyl/N-ethyl adjacent to an activating group) is 2. The van der Waals surface area contributed by atoms with Gasteiger partial charge in [0.05, 0.1) is 57.0 Å². The summed E-state index contributed by atoms with van der Waals surface area (Å²) in [4.78, 5) is 120. The number of hydrogen-bond donors (Lipinski definition) is 6. The molecule has 0 aliphatic carbocycles. The highest BCUT2D eigenvalue weighted by Crippen LogP contribution is 2.40. The van der Waals surface area contributed by atoms with Gasteiger partial charge in [0.1, 0.15) is 42.6 Å². The Bertz CT molecular complexity index is 5580. The molecule has 6 N–H and O–H groups in total. The SMILES string of the molecule is CC/C(=C(\c1ccccc1)c1ccc(OCCN(C)C(=O)CCCCCCCCC(=O)N[C@H](C(=O)N2C[C@H](O)C[C@H]2C(=O)NCc2ccc(-c3scnc3C)cc2)C(C)(C)C)cc1)c1ccccc1.CC/C(=C(\c1ccccc1)c1ccc(OCCNC)cc1)c1ccccc1.Cc1ncsc1-c1ccc(CCC(=O)[C@@H]2C[C@@H](O)CN2C(=O)[C@@H](CC(=O)CCCCCCCCC(=O)O)C(C)(C)C)cc1. The van der Waals surface area contributed by atoms with Crippen molar-refractivity contribution in [1.82, 2.24) is 40.6 Å². The van der Waals surface area contributed by atoms with Crippen LogP contribution in [0.5, 0.6) is 11.5 Å². The van der Waals surface area contributed by atoms with Crippen LogP contribution in [0, 0.1) is 30.6 Å². The first kappa shape index (κ1) is 109. The number of amides is 5. The number of thiazole rings is 2. The Hall–Kier alpha value is -11.9. The number of benzene rings is 8. The third-order valence-electron chi connectivity index (χ3n) is 25.9. The van der Waals surface area contributed by atoms with Crippen molar-refractivity contribution in [3.8, 4) is 32.4 Å². The minimum absolute atomic E-state index is 0.0267. The van der Waals surface area contributed by atoms with Crippen LogP contribution in [0.15, 0.2) is 229 Å². The summed E-state index contributed by atoms with van der Waals surface area (Å²) >= 11 is 3.18. The van der Waals surface area contributed by atoms with Crippen molar-refractivity contribution in [2.75, 3.05) is 53.5 Å². The summed E-state index contributed by atoms with van der Waals surface area (Å²) in [6.45, 7) is 22.7. The topological polar surface area (TPSA) is 287 Å². The molecule has 8 aromatic carbocycles. The van der Waals surface area contributed by atoms with E-state index < -0.39 is 53.1 Å². The number of aliphatic carboxylic acids is 1. The number of ketones is 2. The standard InChI is InChI=1S/C57H71N5O6S.C34H48N2O6S.C25H27NO/c1-7-48(42-20-14-12-15-21-42)52(43-22-16-13-17-23-43)44-30-32-47(33-31-44)68-35-34-61(6)51(65)25-19-11-9-8-10-18-24-50(64)60-54(57(3,4)5)56(67)62-38-46(63)36-49(62)55(66)58-37-41-26-28-45(29-27-41)53-40(2)59-39-69-53;1-23-32(43-22-35-23)25-16-13-24(14-17-25)15-18-30(39)29-20-27(38)21-36(29)33(42)28(34(2,3)4)19-26(37)11-9-7-5-6-8-10-12-31(40)41;1-3-24(20-10-6-4-7-11-20)25(21-12-8-5-9-13-21)22-14-16-23(17-15-22)27-19-18-26-2/h12-17,20-23,26-33,39,46,49,54,63H,7-11,18-19,24-25,34-38H2,1-6H3,(H,58,66)(H,60,64);13-14,16-17,22,27-29,38H,5-12,15,18-21H2,1-4H3,(H,40,41);4-17,26H,3,18-19H2,1-2H3/b52-48-;;25-24-/t46-,49+,54-;27-,28-,29+;/m11./s1. The van der Waals surface area contributed by atoms with Crippen LogP contribution in [0.4, 0.5) is 0 Å². The summed E-state index contributed by atoms with van der Waals surface area (Å²) in [5, 5.41) is 38.8. The van der Waals surface area contributed by atoms with Gasteiger partial charge in [-0.2, -0.15) is 0 Å². The van der Waals surface area contributed by atoms with E-state index in [-0.39, 0.29) is 99.3 Å². The van der Waals surface area contributed by atoms with Gasteiger partial charge in [-0.25, -0.2) is 9.97 Å². The first-order valence-electron chi connectivity index (χ1n) is 49.7. The van der Waals surface area contributed by atoms with Crippen molar-refractivity contribution < 1.29 is 63.1 Å². The number of unbranched alkanes of at least 4 members (excludes halogenated alkanes) is 10. The quantitative estimate of drug-likeness (QED) is 0.0153. The van der Waals surface area contributed by atoms with Gasteiger partial charge in [-0.3, -0.25) is 38.4 Å². The van der Waals surface area contributed by atoms with Gasteiger partial charge in [0.15, 0.2) is 5.78 Å². The van der Waals surface area contributed by atoms with E-state index in [2.05, 4.69) is 185 Å². The number of β-amino-alcohol motifs (C(OH)–C–C–N with tert-alkyl or cyclic N) is 2. The lowest BCUT2D eigenvalue weighted by molar-refractivity contribution is -0.146. The van der Waals surface area contributed by atoms with Crippen LogP contribution in [-0.4, -0.2) is 171 Å². The summed E-state index contributed by atoms with van der Waals surface area (Å²) in [6, 6.07) is 72.7. The van der Waals surface area contributed by atoms with Crippen molar-refractivity contribution in [3.05, 3.63) is 285 Å². The van der Waals surface area contributed by atoms with Crippen LogP contribution in [0.1, 0.15) is 253 Å². The molecule has 6 atom stereocenters. The van der Waals surface area contributed by atoms with E-state index in [1.807, 2.05) is 153 Å². The second kappa shape index (κ2) is 55.8. The summed E-state index contributed by atoms with van der Waals surface area (Å²) < 4.78 is 11.9. The zero-order chi connectivity index (χ0) is 99.8.